The number of hydrogen-bond donors (Lipinski definition) is 1. The molecule has 0 aliphatic rings. The van der Waals surface area contributed by atoms with Crippen molar-refractivity contribution in [1.82, 2.24) is 5.43 Å². The molecule has 1 amide bonds. The molecule has 0 saturated carbocycles. The van der Waals surface area contributed by atoms with E-state index in [0.717, 1.165) is 5.56 Å². The molecule has 3 rings (SSSR count). The maximum absolute atomic E-state index is 11.8. The van der Waals surface area contributed by atoms with E-state index in [2.05, 4.69) is 10.5 Å². The lowest BCUT2D eigenvalue weighted by Crippen LogP contribution is -2.16. The van der Waals surface area contributed by atoms with Gasteiger partial charge in [-0.1, -0.05) is 6.07 Å². The molecule has 26 heavy (non-hydrogen) atoms. The molecule has 1 aromatic carbocycles. The Bertz CT molecular complexity index is 1000. The van der Waals surface area contributed by atoms with Crippen molar-refractivity contribution < 1.29 is 18.6 Å². The third kappa shape index (κ3) is 3.69. The van der Waals surface area contributed by atoms with E-state index in [1.165, 1.54) is 12.3 Å². The number of hydrogen-bond acceptors (Lipinski definition) is 6. The lowest BCUT2D eigenvalue weighted by molar-refractivity contribution is -0.384. The number of aryl methyl sites for hydroxylation is 2. The van der Waals surface area contributed by atoms with Crippen molar-refractivity contribution in [3.05, 3.63) is 75.4 Å². The first-order valence-corrected chi connectivity index (χ1v) is 7.69. The third-order valence-corrected chi connectivity index (χ3v) is 3.56. The average Bonchev–Trinajstić information content (AvgIpc) is 3.24. The summed E-state index contributed by atoms with van der Waals surface area (Å²) in [6, 6.07) is 11.3. The Hall–Kier alpha value is -3.68. The van der Waals surface area contributed by atoms with Crippen LogP contribution in [0.15, 0.2) is 56.4 Å². The summed E-state index contributed by atoms with van der Waals surface area (Å²) < 4.78 is 10.7. The van der Waals surface area contributed by atoms with Crippen molar-refractivity contribution in [2.45, 2.75) is 13.8 Å². The Morgan fingerprint density at radius 3 is 2.65 bits per heavy atom. The van der Waals surface area contributed by atoms with Gasteiger partial charge in [-0.15, -0.1) is 0 Å². The van der Waals surface area contributed by atoms with Crippen LogP contribution >= 0.6 is 0 Å². The monoisotopic (exact) mass is 353 g/mol. The molecular weight excluding hydrogens is 338 g/mol. The highest BCUT2D eigenvalue weighted by Gasteiger charge is 2.18. The van der Waals surface area contributed by atoms with Crippen LogP contribution in [0.3, 0.4) is 0 Å². The van der Waals surface area contributed by atoms with Gasteiger partial charge in [0.05, 0.1) is 16.7 Å². The van der Waals surface area contributed by atoms with Gasteiger partial charge in [0.1, 0.15) is 17.3 Å². The maximum atomic E-state index is 11.8. The number of carbonyl (C=O) groups excluding carboxylic acids is 1. The third-order valence-electron chi connectivity index (χ3n) is 3.56. The minimum atomic E-state index is -0.490. The van der Waals surface area contributed by atoms with Crippen LogP contribution in [0.1, 0.15) is 27.6 Å². The fourth-order valence-electron chi connectivity index (χ4n) is 2.33. The fraction of sp³-hybridized carbons (Fsp3) is 0.111. The summed E-state index contributed by atoms with van der Waals surface area (Å²) in [5, 5.41) is 15.0. The molecule has 0 spiro atoms. The van der Waals surface area contributed by atoms with Crippen LogP contribution in [0.5, 0.6) is 0 Å². The molecule has 8 heteroatoms. The molecular formula is C18H15N3O5. The fourth-order valence-corrected chi connectivity index (χ4v) is 2.33. The minimum Gasteiger partial charge on any atom is -0.456 e. The molecule has 2 heterocycles. The largest absolute Gasteiger partial charge is 0.456 e. The van der Waals surface area contributed by atoms with Gasteiger partial charge in [-0.3, -0.25) is 14.9 Å². The van der Waals surface area contributed by atoms with E-state index >= 15 is 0 Å². The summed E-state index contributed by atoms with van der Waals surface area (Å²) in [5.41, 5.74) is 3.43. The Morgan fingerprint density at radius 2 is 1.96 bits per heavy atom. The Kier molecular flexibility index (Phi) is 4.66. The van der Waals surface area contributed by atoms with Crippen molar-refractivity contribution in [2.75, 3.05) is 0 Å². The number of benzene rings is 1. The molecule has 132 valence electrons. The second-order valence-electron chi connectivity index (χ2n) is 5.59. The highest BCUT2D eigenvalue weighted by atomic mass is 16.6. The summed E-state index contributed by atoms with van der Waals surface area (Å²) in [6.07, 6.45) is 1.30. The summed E-state index contributed by atoms with van der Waals surface area (Å²) in [6.45, 7) is 3.51. The topological polar surface area (TPSA) is 111 Å². The average molecular weight is 353 g/mol. The number of nitro groups is 1. The van der Waals surface area contributed by atoms with Gasteiger partial charge in [-0.2, -0.15) is 5.10 Å². The van der Waals surface area contributed by atoms with Crippen LogP contribution < -0.4 is 5.43 Å². The van der Waals surface area contributed by atoms with Crippen LogP contribution in [0.2, 0.25) is 0 Å². The number of nitro benzene ring substituents is 1. The van der Waals surface area contributed by atoms with Gasteiger partial charge >= 0.3 is 5.91 Å². The predicted molar refractivity (Wildman–Crippen MR) is 94.0 cm³/mol. The molecule has 0 unspecified atom stereocenters. The van der Waals surface area contributed by atoms with Crippen molar-refractivity contribution in [1.29, 1.82) is 0 Å². The first-order valence-electron chi connectivity index (χ1n) is 7.69. The van der Waals surface area contributed by atoms with E-state index in [-0.39, 0.29) is 11.4 Å². The van der Waals surface area contributed by atoms with Crippen LogP contribution in [0.4, 0.5) is 5.69 Å². The van der Waals surface area contributed by atoms with E-state index in [1.54, 1.807) is 50.2 Å². The Morgan fingerprint density at radius 1 is 1.15 bits per heavy atom. The summed E-state index contributed by atoms with van der Waals surface area (Å²) in [5.74, 6) is 0.955. The number of nitrogens with one attached hydrogen (secondary N) is 1. The van der Waals surface area contributed by atoms with Gasteiger partial charge in [0.15, 0.2) is 5.76 Å². The molecule has 0 atom stereocenters. The zero-order valence-corrected chi connectivity index (χ0v) is 14.1. The van der Waals surface area contributed by atoms with E-state index in [4.69, 9.17) is 8.83 Å². The second kappa shape index (κ2) is 7.06. The van der Waals surface area contributed by atoms with E-state index in [1.807, 2.05) is 0 Å². The lowest BCUT2D eigenvalue weighted by Gasteiger charge is -2.01. The van der Waals surface area contributed by atoms with Crippen LogP contribution in [0.25, 0.3) is 11.3 Å². The highest BCUT2D eigenvalue weighted by Crippen LogP contribution is 2.31. The first-order chi connectivity index (χ1) is 12.4. The SMILES string of the molecule is Cc1ccc(-c2ccc(/C=N/NC(=O)c3ccc(C)o3)o2)c([N+](=O)[O-])c1. The molecule has 3 aromatic rings. The Balaban J connectivity index is 1.74. The highest BCUT2D eigenvalue weighted by molar-refractivity contribution is 5.92. The number of amides is 1. The quantitative estimate of drug-likeness (QED) is 0.426. The van der Waals surface area contributed by atoms with Crippen molar-refractivity contribution in [2.24, 2.45) is 5.10 Å². The molecule has 8 nitrogen and oxygen atoms in total. The summed E-state index contributed by atoms with van der Waals surface area (Å²) >= 11 is 0. The standard InChI is InChI=1S/C18H15N3O5/c1-11-3-6-14(15(9-11)21(23)24)16-8-5-13(26-16)10-19-20-18(22)17-7-4-12(2)25-17/h3-10H,1-2H3,(H,20,22)/b19-10+. The van der Waals surface area contributed by atoms with Crippen LogP contribution in [-0.4, -0.2) is 17.0 Å². The van der Waals surface area contributed by atoms with Crippen LogP contribution in [0, 0.1) is 24.0 Å². The summed E-state index contributed by atoms with van der Waals surface area (Å²) in [7, 11) is 0. The summed E-state index contributed by atoms with van der Waals surface area (Å²) in [4.78, 5) is 22.6. The molecule has 2 aromatic heterocycles. The van der Waals surface area contributed by atoms with E-state index in [9.17, 15) is 14.9 Å². The molecule has 0 bridgehead atoms. The molecule has 0 saturated heterocycles. The first kappa shape index (κ1) is 17.2. The smallest absolute Gasteiger partial charge is 0.307 e. The lowest BCUT2D eigenvalue weighted by atomic mass is 10.1. The minimum absolute atomic E-state index is 0.0377. The molecule has 0 aliphatic carbocycles. The zero-order valence-electron chi connectivity index (χ0n) is 14.1. The normalized spacial score (nSPS) is 11.0. The van der Waals surface area contributed by atoms with Gasteiger partial charge in [-0.25, -0.2) is 5.43 Å². The van der Waals surface area contributed by atoms with Gasteiger partial charge in [0.2, 0.25) is 0 Å². The number of carbonyl (C=O) groups is 1. The van der Waals surface area contributed by atoms with Gasteiger partial charge in [0, 0.05) is 6.07 Å². The molecule has 0 aliphatic heterocycles. The van der Waals surface area contributed by atoms with Crippen molar-refractivity contribution in [3.8, 4) is 11.3 Å². The van der Waals surface area contributed by atoms with E-state index < -0.39 is 10.8 Å². The van der Waals surface area contributed by atoms with Crippen LogP contribution in [-0.2, 0) is 0 Å². The number of furan rings is 2. The maximum Gasteiger partial charge on any atom is 0.307 e. The molecule has 0 radical (unpaired) electrons. The van der Waals surface area contributed by atoms with Crippen molar-refractivity contribution in [3.63, 3.8) is 0 Å². The second-order valence-corrected chi connectivity index (χ2v) is 5.59. The number of hydrazone groups is 1. The van der Waals surface area contributed by atoms with Crippen molar-refractivity contribution >= 4 is 17.8 Å². The van der Waals surface area contributed by atoms with Gasteiger partial charge in [0.25, 0.3) is 5.69 Å². The number of rotatable bonds is 5. The predicted octanol–water partition coefficient (Wildman–Crippen LogP) is 3.83. The number of nitrogens with zero attached hydrogens (tertiary/aromatic N) is 2. The molecule has 1 N–H and O–H groups in total. The van der Waals surface area contributed by atoms with Gasteiger partial charge < -0.3 is 8.83 Å². The van der Waals surface area contributed by atoms with Gasteiger partial charge in [-0.05, 0) is 49.7 Å². The van der Waals surface area contributed by atoms with E-state index in [0.29, 0.717) is 22.8 Å². The molecule has 0 fully saturated rings. The Labute approximate surface area is 148 Å². The zero-order chi connectivity index (χ0) is 18.7.